The number of nitrogens with two attached hydrogens (primary N) is 1. The summed E-state index contributed by atoms with van der Waals surface area (Å²) in [7, 11) is 0. The highest BCUT2D eigenvalue weighted by molar-refractivity contribution is 7.80. The van der Waals surface area contributed by atoms with Crippen molar-refractivity contribution in [2.24, 2.45) is 11.7 Å². The normalized spacial score (nSPS) is 15.5. The van der Waals surface area contributed by atoms with Crippen molar-refractivity contribution in [1.82, 2.24) is 9.97 Å². The Balaban J connectivity index is 1.78. The lowest BCUT2D eigenvalue weighted by Crippen LogP contribution is -2.16. The Morgan fingerprint density at radius 2 is 2.25 bits per heavy atom. The number of hydrogen-bond donors (Lipinski definition) is 2. The topological polar surface area (TPSA) is 63.8 Å². The average Bonchev–Trinajstić information content (AvgIpc) is 2.22. The zero-order chi connectivity index (χ0) is 11.4. The predicted molar refractivity (Wildman–Crippen MR) is 68.4 cm³/mol. The van der Waals surface area contributed by atoms with Crippen LogP contribution in [0.5, 0.6) is 0 Å². The standard InChI is InChI=1S/C11H16N4S/c12-11(16)9-6-15-10(7-14-9)13-5-4-8-2-1-3-8/h6-8H,1-5H2,(H2,12,16)(H,13,15). The molecule has 1 aromatic rings. The second-order valence-electron chi connectivity index (χ2n) is 4.16. The second kappa shape index (κ2) is 5.21. The Labute approximate surface area is 101 Å². The molecule has 0 aromatic carbocycles. The summed E-state index contributed by atoms with van der Waals surface area (Å²) in [6, 6.07) is 0. The molecule has 2 rings (SSSR count). The zero-order valence-electron chi connectivity index (χ0n) is 9.15. The molecule has 0 radical (unpaired) electrons. The summed E-state index contributed by atoms with van der Waals surface area (Å²) in [6.07, 6.45) is 8.66. The monoisotopic (exact) mass is 236 g/mol. The molecule has 0 unspecified atom stereocenters. The zero-order valence-corrected chi connectivity index (χ0v) is 9.96. The molecule has 0 aliphatic heterocycles. The van der Waals surface area contributed by atoms with Gasteiger partial charge >= 0.3 is 0 Å². The highest BCUT2D eigenvalue weighted by Gasteiger charge is 2.16. The molecule has 0 bridgehead atoms. The summed E-state index contributed by atoms with van der Waals surface area (Å²) in [5, 5.41) is 3.25. The molecule has 1 aliphatic carbocycles. The first-order chi connectivity index (χ1) is 7.75. The van der Waals surface area contributed by atoms with Crippen LogP contribution in [0.3, 0.4) is 0 Å². The molecular formula is C11H16N4S. The lowest BCUT2D eigenvalue weighted by atomic mass is 9.83. The number of nitrogens with one attached hydrogen (secondary N) is 1. The number of thiocarbonyl (C=S) groups is 1. The molecule has 0 saturated heterocycles. The molecule has 0 amide bonds. The molecule has 3 N–H and O–H groups in total. The molecule has 4 nitrogen and oxygen atoms in total. The molecule has 5 heteroatoms. The SMILES string of the molecule is NC(=S)c1cnc(NCCC2CCC2)cn1. The Morgan fingerprint density at radius 3 is 2.75 bits per heavy atom. The highest BCUT2D eigenvalue weighted by atomic mass is 32.1. The third-order valence-corrected chi connectivity index (χ3v) is 3.20. The van der Waals surface area contributed by atoms with Crippen molar-refractivity contribution in [2.45, 2.75) is 25.7 Å². The van der Waals surface area contributed by atoms with E-state index >= 15 is 0 Å². The quantitative estimate of drug-likeness (QED) is 0.762. The first-order valence-electron chi connectivity index (χ1n) is 5.61. The van der Waals surface area contributed by atoms with Gasteiger partial charge in [0.1, 0.15) is 16.5 Å². The van der Waals surface area contributed by atoms with Crippen molar-refractivity contribution in [3.05, 3.63) is 18.1 Å². The van der Waals surface area contributed by atoms with Gasteiger partial charge in [-0.05, 0) is 12.3 Å². The van der Waals surface area contributed by atoms with Crippen molar-refractivity contribution < 1.29 is 0 Å². The van der Waals surface area contributed by atoms with E-state index < -0.39 is 0 Å². The molecule has 1 saturated carbocycles. The van der Waals surface area contributed by atoms with Crippen LogP contribution in [0.15, 0.2) is 12.4 Å². The molecule has 0 atom stereocenters. The van der Waals surface area contributed by atoms with E-state index in [1.54, 1.807) is 12.4 Å². The summed E-state index contributed by atoms with van der Waals surface area (Å²) in [4.78, 5) is 8.60. The van der Waals surface area contributed by atoms with Crippen LogP contribution in [-0.2, 0) is 0 Å². The minimum absolute atomic E-state index is 0.286. The highest BCUT2D eigenvalue weighted by Crippen LogP contribution is 2.28. The number of aromatic nitrogens is 2. The van der Waals surface area contributed by atoms with Crippen LogP contribution in [0.4, 0.5) is 5.82 Å². The van der Waals surface area contributed by atoms with Crippen LogP contribution in [-0.4, -0.2) is 21.5 Å². The smallest absolute Gasteiger partial charge is 0.144 e. The van der Waals surface area contributed by atoms with E-state index in [9.17, 15) is 0 Å². The molecule has 16 heavy (non-hydrogen) atoms. The maximum Gasteiger partial charge on any atom is 0.144 e. The van der Waals surface area contributed by atoms with Gasteiger partial charge in [0, 0.05) is 6.54 Å². The second-order valence-corrected chi connectivity index (χ2v) is 4.60. The third-order valence-electron chi connectivity index (χ3n) is 2.99. The molecule has 1 aliphatic rings. The van der Waals surface area contributed by atoms with Gasteiger partial charge in [0.15, 0.2) is 0 Å². The van der Waals surface area contributed by atoms with Gasteiger partial charge in [-0.1, -0.05) is 31.5 Å². The van der Waals surface area contributed by atoms with E-state index in [1.165, 1.54) is 25.7 Å². The number of nitrogens with zero attached hydrogens (tertiary/aromatic N) is 2. The number of hydrogen-bond acceptors (Lipinski definition) is 4. The van der Waals surface area contributed by atoms with Crippen LogP contribution in [0.25, 0.3) is 0 Å². The van der Waals surface area contributed by atoms with Crippen LogP contribution in [0.2, 0.25) is 0 Å². The Bertz CT molecular complexity index is 359. The summed E-state index contributed by atoms with van der Waals surface area (Å²) < 4.78 is 0. The van der Waals surface area contributed by atoms with E-state index in [4.69, 9.17) is 18.0 Å². The van der Waals surface area contributed by atoms with E-state index in [0.29, 0.717) is 5.69 Å². The van der Waals surface area contributed by atoms with Crippen molar-refractivity contribution in [3.63, 3.8) is 0 Å². The number of anilines is 1. The van der Waals surface area contributed by atoms with Crippen molar-refractivity contribution in [2.75, 3.05) is 11.9 Å². The minimum Gasteiger partial charge on any atom is -0.388 e. The molecule has 86 valence electrons. The van der Waals surface area contributed by atoms with Crippen LogP contribution < -0.4 is 11.1 Å². The van der Waals surface area contributed by atoms with E-state index in [2.05, 4.69) is 15.3 Å². The van der Waals surface area contributed by atoms with Crippen LogP contribution in [0.1, 0.15) is 31.4 Å². The van der Waals surface area contributed by atoms with Gasteiger partial charge in [-0.15, -0.1) is 0 Å². The fourth-order valence-electron chi connectivity index (χ4n) is 1.73. The van der Waals surface area contributed by atoms with Crippen molar-refractivity contribution >= 4 is 23.0 Å². The molecular weight excluding hydrogens is 220 g/mol. The Hall–Kier alpha value is -1.23. The van der Waals surface area contributed by atoms with Crippen molar-refractivity contribution in [3.8, 4) is 0 Å². The van der Waals surface area contributed by atoms with E-state index in [-0.39, 0.29) is 4.99 Å². The van der Waals surface area contributed by atoms with Crippen LogP contribution in [0, 0.1) is 5.92 Å². The summed E-state index contributed by atoms with van der Waals surface area (Å²) >= 11 is 4.81. The van der Waals surface area contributed by atoms with Gasteiger partial charge in [0.25, 0.3) is 0 Å². The largest absolute Gasteiger partial charge is 0.388 e. The fourth-order valence-corrected chi connectivity index (χ4v) is 1.84. The summed E-state index contributed by atoms with van der Waals surface area (Å²) in [6.45, 7) is 0.964. The summed E-state index contributed by atoms with van der Waals surface area (Å²) in [5.41, 5.74) is 6.01. The number of rotatable bonds is 5. The van der Waals surface area contributed by atoms with E-state index in [1.807, 2.05) is 0 Å². The van der Waals surface area contributed by atoms with E-state index in [0.717, 1.165) is 18.3 Å². The maximum absolute atomic E-state index is 5.44. The van der Waals surface area contributed by atoms with Gasteiger partial charge in [0.2, 0.25) is 0 Å². The molecule has 1 heterocycles. The first-order valence-corrected chi connectivity index (χ1v) is 6.02. The van der Waals surface area contributed by atoms with Gasteiger partial charge in [-0.25, -0.2) is 9.97 Å². The summed E-state index contributed by atoms with van der Waals surface area (Å²) in [5.74, 6) is 1.70. The lowest BCUT2D eigenvalue weighted by molar-refractivity contribution is 0.303. The Kier molecular flexibility index (Phi) is 3.66. The molecule has 0 spiro atoms. The van der Waals surface area contributed by atoms with Crippen LogP contribution >= 0.6 is 12.2 Å². The average molecular weight is 236 g/mol. The maximum atomic E-state index is 5.44. The van der Waals surface area contributed by atoms with Gasteiger partial charge in [-0.2, -0.15) is 0 Å². The van der Waals surface area contributed by atoms with Gasteiger partial charge < -0.3 is 11.1 Å². The first kappa shape index (κ1) is 11.3. The van der Waals surface area contributed by atoms with Crippen molar-refractivity contribution in [1.29, 1.82) is 0 Å². The molecule has 1 fully saturated rings. The Morgan fingerprint density at radius 1 is 1.44 bits per heavy atom. The molecule has 1 aromatic heterocycles. The van der Waals surface area contributed by atoms with Gasteiger partial charge in [0.05, 0.1) is 12.4 Å². The minimum atomic E-state index is 0.286. The fraction of sp³-hybridized carbons (Fsp3) is 0.545. The van der Waals surface area contributed by atoms with Gasteiger partial charge in [-0.3, -0.25) is 0 Å². The third kappa shape index (κ3) is 2.88. The predicted octanol–water partition coefficient (Wildman–Crippen LogP) is 1.71. The lowest BCUT2D eigenvalue weighted by Gasteiger charge is -2.25.